The van der Waals surface area contributed by atoms with Crippen molar-refractivity contribution in [2.75, 3.05) is 0 Å². The maximum absolute atomic E-state index is 8.96. The lowest BCUT2D eigenvalue weighted by atomic mass is 10.3. The van der Waals surface area contributed by atoms with Crippen LogP contribution >= 0.6 is 0 Å². The molecule has 3 atom stereocenters. The molecule has 0 radical (unpaired) electrons. The molecule has 0 fully saturated rings. The molecule has 0 saturated heterocycles. The van der Waals surface area contributed by atoms with E-state index in [0.29, 0.717) is 5.75 Å². The van der Waals surface area contributed by atoms with E-state index in [1.54, 1.807) is 24.3 Å². The Balaban J connectivity index is 0.000000318. The first-order valence-corrected chi connectivity index (χ1v) is 5.42. The van der Waals surface area contributed by atoms with Gasteiger partial charge in [-0.3, -0.25) is 0 Å². The van der Waals surface area contributed by atoms with Crippen molar-refractivity contribution in [2.24, 2.45) is 0 Å². The summed E-state index contributed by atoms with van der Waals surface area (Å²) < 4.78 is 0. The highest BCUT2D eigenvalue weighted by Gasteiger charge is 2.20. The Labute approximate surface area is 102 Å². The van der Waals surface area contributed by atoms with E-state index in [1.165, 1.54) is 25.7 Å². The number of hydrogen-bond donors (Lipinski definition) is 4. The summed E-state index contributed by atoms with van der Waals surface area (Å²) in [6, 6.07) is 8.71. The van der Waals surface area contributed by atoms with Gasteiger partial charge in [-0.05, 0) is 32.9 Å². The zero-order valence-corrected chi connectivity index (χ0v) is 10.4. The number of phenolic OH excluding ortho intramolecular Hbond substituents is 1. The van der Waals surface area contributed by atoms with Crippen LogP contribution in [0.15, 0.2) is 30.3 Å². The number of aromatic hydroxyl groups is 1. The van der Waals surface area contributed by atoms with E-state index < -0.39 is 18.7 Å². The van der Waals surface area contributed by atoms with Gasteiger partial charge in [-0.15, -0.1) is 0 Å². The van der Waals surface area contributed by atoms with Crippen molar-refractivity contribution >= 4 is 0 Å². The molecule has 0 bridgehead atoms. The molecule has 0 spiro atoms. The molecule has 1 aromatic rings. The lowest BCUT2D eigenvalue weighted by Crippen LogP contribution is -2.45. The fraction of sp³-hybridized carbons (Fsp3) is 0.500. The van der Waals surface area contributed by atoms with Gasteiger partial charge in [0.2, 0.25) is 0 Å². The normalized spacial score (nSPS) is 15.7. The lowest BCUT2D eigenvalue weighted by molar-refractivity contribution is -0.159. The van der Waals surface area contributed by atoms with Crippen molar-refractivity contribution < 1.29 is 20.4 Å². The maximum Gasteiger partial charge on any atom is 0.115 e. The SMILES string of the molecule is CC(O)N(C(C)O)C(C)O.Oc1ccccc1. The maximum atomic E-state index is 8.96. The Bertz CT molecular complexity index is 269. The van der Waals surface area contributed by atoms with Gasteiger partial charge in [0.1, 0.15) is 24.4 Å². The number of nitrogens with zero attached hydrogens (tertiary/aromatic N) is 1. The molecule has 4 N–H and O–H groups in total. The Morgan fingerprint density at radius 2 is 1.18 bits per heavy atom. The summed E-state index contributed by atoms with van der Waals surface area (Å²) in [4.78, 5) is 1.17. The van der Waals surface area contributed by atoms with Crippen LogP contribution in [0.5, 0.6) is 5.75 Å². The zero-order valence-electron chi connectivity index (χ0n) is 10.4. The van der Waals surface area contributed by atoms with Crippen molar-refractivity contribution in [2.45, 2.75) is 39.5 Å². The number of benzene rings is 1. The molecule has 17 heavy (non-hydrogen) atoms. The monoisotopic (exact) mass is 243 g/mol. The second-order valence-electron chi connectivity index (χ2n) is 3.68. The molecule has 1 aromatic carbocycles. The number of rotatable bonds is 3. The van der Waals surface area contributed by atoms with Gasteiger partial charge in [0.05, 0.1) is 0 Å². The lowest BCUT2D eigenvalue weighted by Gasteiger charge is -2.30. The van der Waals surface area contributed by atoms with Crippen molar-refractivity contribution in [1.82, 2.24) is 4.90 Å². The molecule has 3 unspecified atom stereocenters. The van der Waals surface area contributed by atoms with Gasteiger partial charge in [0.25, 0.3) is 0 Å². The molecule has 0 aliphatic rings. The van der Waals surface area contributed by atoms with Crippen LogP contribution in [0.25, 0.3) is 0 Å². The number of aliphatic hydroxyl groups is 3. The fourth-order valence-corrected chi connectivity index (χ4v) is 1.36. The first-order chi connectivity index (χ1) is 7.86. The summed E-state index contributed by atoms with van der Waals surface area (Å²) in [5, 5.41) is 35.5. The van der Waals surface area contributed by atoms with Gasteiger partial charge in [-0.2, -0.15) is 0 Å². The molecule has 1 rings (SSSR count). The van der Waals surface area contributed by atoms with Gasteiger partial charge in [0, 0.05) is 0 Å². The third-order valence-corrected chi connectivity index (χ3v) is 2.05. The molecule has 5 heteroatoms. The van der Waals surface area contributed by atoms with Crippen LogP contribution < -0.4 is 0 Å². The summed E-state index contributed by atoms with van der Waals surface area (Å²) >= 11 is 0. The number of para-hydroxylation sites is 1. The van der Waals surface area contributed by atoms with Crippen molar-refractivity contribution in [3.63, 3.8) is 0 Å². The second kappa shape index (κ2) is 8.03. The minimum atomic E-state index is -0.833. The summed E-state index contributed by atoms with van der Waals surface area (Å²) in [5.41, 5.74) is 0. The molecule has 0 aromatic heterocycles. The Kier molecular flexibility index (Phi) is 7.49. The molecule has 98 valence electrons. The highest BCUT2D eigenvalue weighted by atomic mass is 16.4. The van der Waals surface area contributed by atoms with E-state index in [1.807, 2.05) is 6.07 Å². The average molecular weight is 243 g/mol. The second-order valence-corrected chi connectivity index (χ2v) is 3.68. The smallest absolute Gasteiger partial charge is 0.115 e. The quantitative estimate of drug-likeness (QED) is 0.587. The predicted molar refractivity (Wildman–Crippen MR) is 65.0 cm³/mol. The van der Waals surface area contributed by atoms with Crippen molar-refractivity contribution in [3.8, 4) is 5.75 Å². The van der Waals surface area contributed by atoms with Gasteiger partial charge in [0.15, 0.2) is 0 Å². The largest absolute Gasteiger partial charge is 0.508 e. The van der Waals surface area contributed by atoms with E-state index in [2.05, 4.69) is 0 Å². The van der Waals surface area contributed by atoms with Crippen LogP contribution in [0, 0.1) is 0 Å². The standard InChI is InChI=1S/C6H15NO3.C6H6O/c1-4(8)7(5(2)9)6(3)10;7-6-4-2-1-3-5-6/h4-6,8-10H,1-3H3;1-5,7H. The van der Waals surface area contributed by atoms with Crippen LogP contribution in [0.2, 0.25) is 0 Å². The first kappa shape index (κ1) is 15.9. The minimum Gasteiger partial charge on any atom is -0.508 e. The van der Waals surface area contributed by atoms with Gasteiger partial charge >= 0.3 is 0 Å². The number of hydrogen-bond acceptors (Lipinski definition) is 5. The minimum absolute atomic E-state index is 0.322. The van der Waals surface area contributed by atoms with Crippen LogP contribution in [-0.4, -0.2) is 44.0 Å². The molecule has 0 heterocycles. The highest BCUT2D eigenvalue weighted by molar-refractivity contribution is 5.18. The van der Waals surface area contributed by atoms with Crippen LogP contribution in [0.1, 0.15) is 20.8 Å². The van der Waals surface area contributed by atoms with E-state index in [-0.39, 0.29) is 0 Å². The average Bonchev–Trinajstić information content (AvgIpc) is 2.17. The van der Waals surface area contributed by atoms with E-state index in [4.69, 9.17) is 20.4 Å². The fourth-order valence-electron chi connectivity index (χ4n) is 1.36. The first-order valence-electron chi connectivity index (χ1n) is 5.42. The molecule has 0 amide bonds. The van der Waals surface area contributed by atoms with Crippen LogP contribution in [0.3, 0.4) is 0 Å². The van der Waals surface area contributed by atoms with E-state index in [0.717, 1.165) is 0 Å². The molecule has 0 aliphatic heterocycles. The molecular formula is C12H21NO4. The summed E-state index contributed by atoms with van der Waals surface area (Å²) in [6.07, 6.45) is -2.50. The summed E-state index contributed by atoms with van der Waals surface area (Å²) in [5.74, 6) is 0.322. The predicted octanol–water partition coefficient (Wildman–Crippen LogP) is 0.695. The number of aliphatic hydroxyl groups excluding tert-OH is 3. The molecule has 0 saturated carbocycles. The third kappa shape index (κ3) is 6.91. The van der Waals surface area contributed by atoms with Gasteiger partial charge in [-0.25, -0.2) is 4.90 Å². The summed E-state index contributed by atoms with van der Waals surface area (Å²) in [6.45, 7) is 4.46. The van der Waals surface area contributed by atoms with Gasteiger partial charge < -0.3 is 20.4 Å². The third-order valence-electron chi connectivity index (χ3n) is 2.05. The van der Waals surface area contributed by atoms with Crippen LogP contribution in [-0.2, 0) is 0 Å². The Morgan fingerprint density at radius 3 is 1.29 bits per heavy atom. The van der Waals surface area contributed by atoms with Crippen molar-refractivity contribution in [3.05, 3.63) is 30.3 Å². The topological polar surface area (TPSA) is 84.2 Å². The summed E-state index contributed by atoms with van der Waals surface area (Å²) in [7, 11) is 0. The highest BCUT2D eigenvalue weighted by Crippen LogP contribution is 2.04. The molecule has 0 aliphatic carbocycles. The van der Waals surface area contributed by atoms with Crippen LogP contribution in [0.4, 0.5) is 0 Å². The van der Waals surface area contributed by atoms with Crippen molar-refractivity contribution in [1.29, 1.82) is 0 Å². The zero-order chi connectivity index (χ0) is 13.4. The van der Waals surface area contributed by atoms with Gasteiger partial charge in [-0.1, -0.05) is 18.2 Å². The Hall–Kier alpha value is -1.14. The molecule has 5 nitrogen and oxygen atoms in total. The number of phenols is 1. The van der Waals surface area contributed by atoms with E-state index in [9.17, 15) is 0 Å². The van der Waals surface area contributed by atoms with E-state index >= 15 is 0 Å². The Morgan fingerprint density at radius 1 is 0.824 bits per heavy atom. The molecular weight excluding hydrogens is 222 g/mol.